The molecule has 0 spiro atoms. The molecule has 3 amide bonds. The van der Waals surface area contributed by atoms with Crippen LogP contribution in [0.5, 0.6) is 11.5 Å². The molecule has 0 unspecified atom stereocenters. The monoisotopic (exact) mass is 467 g/mol. The van der Waals surface area contributed by atoms with E-state index >= 15 is 0 Å². The fourth-order valence-electron chi connectivity index (χ4n) is 4.46. The van der Waals surface area contributed by atoms with Crippen molar-refractivity contribution in [2.75, 3.05) is 31.4 Å². The molecule has 9 heteroatoms. The summed E-state index contributed by atoms with van der Waals surface area (Å²) in [5.74, 6) is 0.445. The third-order valence-corrected chi connectivity index (χ3v) is 6.13. The molecule has 9 nitrogen and oxygen atoms in total. The Morgan fingerprint density at radius 2 is 1.94 bits per heavy atom. The maximum absolute atomic E-state index is 13.2. The van der Waals surface area contributed by atoms with Crippen LogP contribution in [0.3, 0.4) is 0 Å². The minimum absolute atomic E-state index is 0.167. The topological polar surface area (TPSA) is 106 Å². The van der Waals surface area contributed by atoms with Gasteiger partial charge in [-0.05, 0) is 43.2 Å². The molecular weight excluding hydrogens is 438 g/mol. The van der Waals surface area contributed by atoms with Gasteiger partial charge in [0.2, 0.25) is 11.8 Å². The number of amides is 3. The summed E-state index contributed by atoms with van der Waals surface area (Å²) in [4.78, 5) is 38.9. The molecule has 0 bridgehead atoms. The van der Waals surface area contributed by atoms with E-state index in [1.165, 1.54) is 6.92 Å². The standard InChI is InChI=1S/C25H29N3O6/c1-15(29)26-16-8-11-21-18(12-16)25(31)28(2)20-10-9-17(34-23(20)14-33-21)13-24(30)27-19-6-4-5-7-22(19)32-3/h4-8,11-12,17,20,23H,9-10,13-14H2,1-3H3,(H,26,29)(H,27,30)/t17-,20+,23-/m1/s1. The van der Waals surface area contributed by atoms with Gasteiger partial charge in [0, 0.05) is 19.7 Å². The molecule has 2 aromatic rings. The van der Waals surface area contributed by atoms with Crippen molar-refractivity contribution in [2.45, 2.75) is 44.4 Å². The highest BCUT2D eigenvalue weighted by molar-refractivity contribution is 5.99. The summed E-state index contributed by atoms with van der Waals surface area (Å²) < 4.78 is 17.5. The number of para-hydroxylation sites is 2. The summed E-state index contributed by atoms with van der Waals surface area (Å²) in [6.45, 7) is 1.66. The molecule has 3 atom stereocenters. The SMILES string of the molecule is COc1ccccc1NC(=O)C[C@H]1CC[C@H]2[C@@H](COc3ccc(NC(C)=O)cc3C(=O)N2C)O1. The van der Waals surface area contributed by atoms with Gasteiger partial charge in [-0.15, -0.1) is 0 Å². The number of hydrogen-bond donors (Lipinski definition) is 2. The third kappa shape index (κ3) is 5.14. The van der Waals surface area contributed by atoms with Crippen molar-refractivity contribution in [2.24, 2.45) is 0 Å². The lowest BCUT2D eigenvalue weighted by molar-refractivity contribution is -0.130. The molecule has 0 radical (unpaired) electrons. The van der Waals surface area contributed by atoms with Gasteiger partial charge in [-0.2, -0.15) is 0 Å². The number of fused-ring (bicyclic) bond motifs is 2. The van der Waals surface area contributed by atoms with E-state index in [0.29, 0.717) is 41.3 Å². The Balaban J connectivity index is 1.43. The van der Waals surface area contributed by atoms with Crippen LogP contribution >= 0.6 is 0 Å². The Labute approximate surface area is 198 Å². The van der Waals surface area contributed by atoms with Gasteiger partial charge >= 0.3 is 0 Å². The molecule has 2 aliphatic rings. The molecule has 1 fully saturated rings. The van der Waals surface area contributed by atoms with Crippen molar-refractivity contribution in [3.63, 3.8) is 0 Å². The molecule has 2 heterocycles. The maximum atomic E-state index is 13.2. The lowest BCUT2D eigenvalue weighted by Gasteiger charge is -2.42. The van der Waals surface area contributed by atoms with Crippen molar-refractivity contribution >= 4 is 29.1 Å². The molecular formula is C25H29N3O6. The number of carbonyl (C=O) groups excluding carboxylic acids is 3. The minimum atomic E-state index is -0.366. The number of likely N-dealkylation sites (N-methyl/N-ethyl adjacent to an activating group) is 1. The van der Waals surface area contributed by atoms with Gasteiger partial charge in [-0.25, -0.2) is 0 Å². The molecule has 1 saturated heterocycles. The Bertz CT molecular complexity index is 1090. The summed E-state index contributed by atoms with van der Waals surface area (Å²) in [6.07, 6.45) is 0.856. The summed E-state index contributed by atoms with van der Waals surface area (Å²) in [7, 11) is 3.30. The van der Waals surface area contributed by atoms with E-state index in [1.807, 2.05) is 12.1 Å². The predicted molar refractivity (Wildman–Crippen MR) is 126 cm³/mol. The Morgan fingerprint density at radius 1 is 1.15 bits per heavy atom. The summed E-state index contributed by atoms with van der Waals surface area (Å²) in [5.41, 5.74) is 1.54. The number of rotatable bonds is 5. The number of ether oxygens (including phenoxy) is 3. The summed E-state index contributed by atoms with van der Waals surface area (Å²) in [6, 6.07) is 12.1. The highest BCUT2D eigenvalue weighted by Gasteiger charge is 2.39. The first-order valence-electron chi connectivity index (χ1n) is 11.3. The van der Waals surface area contributed by atoms with E-state index in [4.69, 9.17) is 14.2 Å². The van der Waals surface area contributed by atoms with Gasteiger partial charge in [0.1, 0.15) is 24.2 Å². The van der Waals surface area contributed by atoms with Crippen LogP contribution in [0.4, 0.5) is 11.4 Å². The first kappa shape index (κ1) is 23.6. The van der Waals surface area contributed by atoms with Crippen LogP contribution in [0.25, 0.3) is 0 Å². The number of hydrogen-bond acceptors (Lipinski definition) is 6. The fraction of sp³-hybridized carbons (Fsp3) is 0.400. The molecule has 4 rings (SSSR count). The van der Waals surface area contributed by atoms with Crippen molar-refractivity contribution in [1.82, 2.24) is 4.90 Å². The second-order valence-corrected chi connectivity index (χ2v) is 8.51. The van der Waals surface area contributed by atoms with E-state index in [2.05, 4.69) is 10.6 Å². The zero-order valence-corrected chi connectivity index (χ0v) is 19.5. The molecule has 0 aliphatic carbocycles. The van der Waals surface area contributed by atoms with E-state index in [1.54, 1.807) is 49.4 Å². The van der Waals surface area contributed by atoms with E-state index < -0.39 is 0 Å². The second-order valence-electron chi connectivity index (χ2n) is 8.51. The van der Waals surface area contributed by atoms with Crippen LogP contribution in [0.15, 0.2) is 42.5 Å². The summed E-state index contributed by atoms with van der Waals surface area (Å²) in [5, 5.41) is 5.58. The molecule has 34 heavy (non-hydrogen) atoms. The average molecular weight is 468 g/mol. The lowest BCUT2D eigenvalue weighted by atomic mass is 9.94. The smallest absolute Gasteiger partial charge is 0.257 e. The Morgan fingerprint density at radius 3 is 2.71 bits per heavy atom. The fourth-order valence-corrected chi connectivity index (χ4v) is 4.46. The number of methoxy groups -OCH3 is 1. The Hall–Kier alpha value is -3.59. The van der Waals surface area contributed by atoms with Crippen LogP contribution in [-0.2, 0) is 14.3 Å². The van der Waals surface area contributed by atoms with E-state index in [0.717, 1.165) is 0 Å². The number of nitrogens with one attached hydrogen (secondary N) is 2. The van der Waals surface area contributed by atoms with Gasteiger partial charge in [0.15, 0.2) is 0 Å². The average Bonchev–Trinajstić information content (AvgIpc) is 2.81. The number of carbonyl (C=O) groups is 3. The van der Waals surface area contributed by atoms with Gasteiger partial charge in [-0.1, -0.05) is 12.1 Å². The highest BCUT2D eigenvalue weighted by Crippen LogP contribution is 2.33. The quantitative estimate of drug-likeness (QED) is 0.700. The van der Waals surface area contributed by atoms with Crippen molar-refractivity contribution in [3.8, 4) is 11.5 Å². The maximum Gasteiger partial charge on any atom is 0.257 e. The van der Waals surface area contributed by atoms with E-state index in [-0.39, 0.29) is 49.0 Å². The lowest BCUT2D eigenvalue weighted by Crippen LogP contribution is -2.53. The zero-order valence-electron chi connectivity index (χ0n) is 19.5. The van der Waals surface area contributed by atoms with Crippen LogP contribution in [-0.4, -0.2) is 61.6 Å². The first-order valence-corrected chi connectivity index (χ1v) is 11.3. The number of nitrogens with zero attached hydrogens (tertiary/aromatic N) is 1. The molecule has 2 aliphatic heterocycles. The number of anilines is 2. The van der Waals surface area contributed by atoms with Gasteiger partial charge in [-0.3, -0.25) is 14.4 Å². The van der Waals surface area contributed by atoms with Gasteiger partial charge in [0.25, 0.3) is 5.91 Å². The zero-order chi connectivity index (χ0) is 24.2. The second kappa shape index (κ2) is 10.1. The van der Waals surface area contributed by atoms with Crippen molar-refractivity contribution in [3.05, 3.63) is 48.0 Å². The van der Waals surface area contributed by atoms with Crippen LogP contribution in [0.1, 0.15) is 36.5 Å². The van der Waals surface area contributed by atoms with E-state index in [9.17, 15) is 14.4 Å². The Kier molecular flexibility index (Phi) is 7.02. The van der Waals surface area contributed by atoms with Crippen LogP contribution < -0.4 is 20.1 Å². The predicted octanol–water partition coefficient (Wildman–Crippen LogP) is 3.06. The van der Waals surface area contributed by atoms with Crippen molar-refractivity contribution in [1.29, 1.82) is 0 Å². The first-order chi connectivity index (χ1) is 16.4. The summed E-state index contributed by atoms with van der Waals surface area (Å²) >= 11 is 0. The van der Waals surface area contributed by atoms with Crippen LogP contribution in [0, 0.1) is 0 Å². The van der Waals surface area contributed by atoms with Crippen molar-refractivity contribution < 1.29 is 28.6 Å². The van der Waals surface area contributed by atoms with Gasteiger partial charge in [0.05, 0.1) is 36.9 Å². The normalized spacial score (nSPS) is 21.8. The molecule has 0 aromatic heterocycles. The largest absolute Gasteiger partial charge is 0.495 e. The van der Waals surface area contributed by atoms with Crippen LogP contribution in [0.2, 0.25) is 0 Å². The van der Waals surface area contributed by atoms with Gasteiger partial charge < -0.3 is 29.7 Å². The number of benzene rings is 2. The molecule has 180 valence electrons. The highest BCUT2D eigenvalue weighted by atomic mass is 16.5. The molecule has 2 N–H and O–H groups in total. The molecule has 2 aromatic carbocycles. The third-order valence-electron chi connectivity index (χ3n) is 6.13. The minimum Gasteiger partial charge on any atom is -0.495 e. The molecule has 0 saturated carbocycles.